The van der Waals surface area contributed by atoms with Crippen LogP contribution in [0.25, 0.3) is 0 Å². The Bertz CT molecular complexity index is 572. The zero-order valence-corrected chi connectivity index (χ0v) is 9.66. The van der Waals surface area contributed by atoms with Crippen molar-refractivity contribution in [2.45, 2.75) is 0 Å². The van der Waals surface area contributed by atoms with E-state index in [9.17, 15) is 4.79 Å². The summed E-state index contributed by atoms with van der Waals surface area (Å²) in [5.74, 6) is 0.375. The minimum absolute atomic E-state index is 0.308. The van der Waals surface area contributed by atoms with Gasteiger partial charge >= 0.3 is 5.97 Å². The Morgan fingerprint density at radius 1 is 1.28 bits per heavy atom. The number of rotatable bonds is 3. The Kier molecular flexibility index (Phi) is 3.38. The molecule has 0 bridgehead atoms. The summed E-state index contributed by atoms with van der Waals surface area (Å²) in [6, 6.07) is 3.15. The largest absolute Gasteiger partial charge is 0.465 e. The van der Waals surface area contributed by atoms with Crippen LogP contribution in [0.4, 0.5) is 5.69 Å². The van der Waals surface area contributed by atoms with E-state index >= 15 is 0 Å². The number of aromatic nitrogens is 2. The van der Waals surface area contributed by atoms with Gasteiger partial charge in [0.25, 0.3) is 0 Å². The van der Waals surface area contributed by atoms with Crippen LogP contribution in [0.15, 0.2) is 36.9 Å². The van der Waals surface area contributed by atoms with Crippen molar-refractivity contribution in [2.24, 2.45) is 0 Å². The summed E-state index contributed by atoms with van der Waals surface area (Å²) in [6.07, 6.45) is 5.91. The van der Waals surface area contributed by atoms with Gasteiger partial charge in [-0.3, -0.25) is 9.97 Å². The van der Waals surface area contributed by atoms with E-state index in [0.717, 1.165) is 0 Å². The first kappa shape index (κ1) is 11.8. The van der Waals surface area contributed by atoms with Gasteiger partial charge < -0.3 is 15.2 Å². The van der Waals surface area contributed by atoms with Crippen molar-refractivity contribution in [3.63, 3.8) is 0 Å². The summed E-state index contributed by atoms with van der Waals surface area (Å²) in [5.41, 5.74) is 6.40. The highest BCUT2D eigenvalue weighted by Gasteiger charge is 2.08. The van der Waals surface area contributed by atoms with E-state index in [1.165, 1.54) is 31.8 Å². The molecule has 6 nitrogen and oxygen atoms in total. The van der Waals surface area contributed by atoms with Crippen molar-refractivity contribution in [3.05, 3.63) is 42.5 Å². The SMILES string of the molecule is COC(=O)c1cncc(Oc2ccncc2N)c1. The van der Waals surface area contributed by atoms with E-state index in [1.807, 2.05) is 0 Å². The van der Waals surface area contributed by atoms with E-state index in [-0.39, 0.29) is 0 Å². The summed E-state index contributed by atoms with van der Waals surface area (Å²) >= 11 is 0. The van der Waals surface area contributed by atoms with Crippen LogP contribution in [0.5, 0.6) is 11.5 Å². The molecule has 2 N–H and O–H groups in total. The predicted molar refractivity (Wildman–Crippen MR) is 64.3 cm³/mol. The average molecular weight is 245 g/mol. The molecule has 2 aromatic heterocycles. The minimum atomic E-state index is -0.476. The van der Waals surface area contributed by atoms with Gasteiger partial charge in [-0.25, -0.2) is 4.79 Å². The van der Waals surface area contributed by atoms with Crippen molar-refractivity contribution in [1.82, 2.24) is 9.97 Å². The Morgan fingerprint density at radius 3 is 2.83 bits per heavy atom. The van der Waals surface area contributed by atoms with Crippen molar-refractivity contribution in [1.29, 1.82) is 0 Å². The molecule has 2 aromatic rings. The molecule has 0 atom stereocenters. The molecule has 0 amide bonds. The summed E-state index contributed by atoms with van der Waals surface area (Å²) in [7, 11) is 1.30. The molecule has 0 aliphatic carbocycles. The molecular formula is C12H11N3O3. The van der Waals surface area contributed by atoms with E-state index in [4.69, 9.17) is 10.5 Å². The lowest BCUT2D eigenvalue weighted by molar-refractivity contribution is 0.0600. The first-order valence-corrected chi connectivity index (χ1v) is 5.11. The molecule has 2 rings (SSSR count). The van der Waals surface area contributed by atoms with E-state index < -0.39 is 5.97 Å². The minimum Gasteiger partial charge on any atom is -0.465 e. The third-order valence-corrected chi connectivity index (χ3v) is 2.17. The zero-order valence-electron chi connectivity index (χ0n) is 9.66. The fraction of sp³-hybridized carbons (Fsp3) is 0.0833. The van der Waals surface area contributed by atoms with Crippen LogP contribution in [0.2, 0.25) is 0 Å². The van der Waals surface area contributed by atoms with Crippen molar-refractivity contribution in [3.8, 4) is 11.5 Å². The van der Waals surface area contributed by atoms with Crippen LogP contribution in [-0.2, 0) is 4.74 Å². The number of hydrogen-bond donors (Lipinski definition) is 1. The van der Waals surface area contributed by atoms with Crippen LogP contribution in [0.3, 0.4) is 0 Å². The molecule has 0 radical (unpaired) electrons. The second kappa shape index (κ2) is 5.13. The summed E-state index contributed by atoms with van der Waals surface area (Å²) in [5, 5.41) is 0. The molecule has 2 heterocycles. The maximum Gasteiger partial charge on any atom is 0.339 e. The summed E-state index contributed by atoms with van der Waals surface area (Å²) in [4.78, 5) is 19.1. The molecule has 6 heteroatoms. The molecule has 0 saturated heterocycles. The van der Waals surface area contributed by atoms with Gasteiger partial charge in [0.05, 0.1) is 30.8 Å². The number of ether oxygens (including phenoxy) is 2. The van der Waals surface area contributed by atoms with E-state index in [2.05, 4.69) is 14.7 Å². The van der Waals surface area contributed by atoms with Gasteiger partial charge in [0.1, 0.15) is 5.75 Å². The number of anilines is 1. The second-order valence-electron chi connectivity index (χ2n) is 3.42. The molecule has 18 heavy (non-hydrogen) atoms. The lowest BCUT2D eigenvalue weighted by Crippen LogP contribution is -2.02. The quantitative estimate of drug-likeness (QED) is 0.827. The van der Waals surface area contributed by atoms with Crippen molar-refractivity contribution < 1.29 is 14.3 Å². The molecule has 0 spiro atoms. The van der Waals surface area contributed by atoms with Crippen LogP contribution in [0.1, 0.15) is 10.4 Å². The first-order valence-electron chi connectivity index (χ1n) is 5.11. The average Bonchev–Trinajstić information content (AvgIpc) is 2.41. The number of esters is 1. The third kappa shape index (κ3) is 2.54. The highest BCUT2D eigenvalue weighted by molar-refractivity contribution is 5.89. The second-order valence-corrected chi connectivity index (χ2v) is 3.42. The molecule has 0 aliphatic rings. The number of nitrogens with two attached hydrogens (primary N) is 1. The lowest BCUT2D eigenvalue weighted by atomic mass is 10.3. The van der Waals surface area contributed by atoms with Crippen LogP contribution >= 0.6 is 0 Å². The lowest BCUT2D eigenvalue weighted by Gasteiger charge is -2.08. The highest BCUT2D eigenvalue weighted by Crippen LogP contribution is 2.25. The monoisotopic (exact) mass is 245 g/mol. The van der Waals surface area contributed by atoms with Crippen LogP contribution in [-0.4, -0.2) is 23.0 Å². The third-order valence-electron chi connectivity index (χ3n) is 2.17. The predicted octanol–water partition coefficient (Wildman–Crippen LogP) is 1.64. The standard InChI is InChI=1S/C12H11N3O3/c1-17-12(16)8-4-9(6-15-5-8)18-11-2-3-14-7-10(11)13/h2-7H,13H2,1H3. The Morgan fingerprint density at radius 2 is 2.11 bits per heavy atom. The number of carbonyl (C=O) groups excluding carboxylic acids is 1. The molecule has 92 valence electrons. The van der Waals surface area contributed by atoms with Gasteiger partial charge in [0, 0.05) is 18.5 Å². The van der Waals surface area contributed by atoms with Crippen LogP contribution < -0.4 is 10.5 Å². The van der Waals surface area contributed by atoms with Gasteiger partial charge in [-0.2, -0.15) is 0 Å². The van der Waals surface area contributed by atoms with Gasteiger partial charge in [0.15, 0.2) is 5.75 Å². The van der Waals surface area contributed by atoms with Crippen molar-refractivity contribution >= 4 is 11.7 Å². The molecule has 0 aliphatic heterocycles. The molecular weight excluding hydrogens is 234 g/mol. The number of methoxy groups -OCH3 is 1. The Labute approximate surface area is 103 Å². The molecule has 0 unspecified atom stereocenters. The van der Waals surface area contributed by atoms with E-state index in [1.54, 1.807) is 12.3 Å². The van der Waals surface area contributed by atoms with Crippen molar-refractivity contribution in [2.75, 3.05) is 12.8 Å². The topological polar surface area (TPSA) is 87.3 Å². The summed E-state index contributed by atoms with van der Waals surface area (Å²) < 4.78 is 10.1. The number of nitrogens with zero attached hydrogens (tertiary/aromatic N) is 2. The fourth-order valence-electron chi connectivity index (χ4n) is 1.32. The van der Waals surface area contributed by atoms with Crippen LogP contribution in [0, 0.1) is 0 Å². The number of nitrogen functional groups attached to an aromatic ring is 1. The first-order chi connectivity index (χ1) is 8.70. The van der Waals surface area contributed by atoms with Gasteiger partial charge in [-0.05, 0) is 6.07 Å². The Balaban J connectivity index is 2.25. The fourth-order valence-corrected chi connectivity index (χ4v) is 1.32. The maximum absolute atomic E-state index is 11.3. The Hall–Kier alpha value is -2.63. The van der Waals surface area contributed by atoms with E-state index in [0.29, 0.717) is 22.7 Å². The molecule has 0 saturated carbocycles. The highest BCUT2D eigenvalue weighted by atomic mass is 16.5. The van der Waals surface area contributed by atoms with Gasteiger partial charge in [-0.1, -0.05) is 0 Å². The molecule has 0 aromatic carbocycles. The number of carbonyl (C=O) groups is 1. The van der Waals surface area contributed by atoms with Gasteiger partial charge in [0.2, 0.25) is 0 Å². The maximum atomic E-state index is 11.3. The molecule has 0 fully saturated rings. The summed E-state index contributed by atoms with van der Waals surface area (Å²) in [6.45, 7) is 0. The smallest absolute Gasteiger partial charge is 0.339 e. The number of pyridine rings is 2. The number of hydrogen-bond acceptors (Lipinski definition) is 6. The normalized spacial score (nSPS) is 9.83. The van der Waals surface area contributed by atoms with Gasteiger partial charge in [-0.15, -0.1) is 0 Å². The zero-order chi connectivity index (χ0) is 13.0.